The highest BCUT2D eigenvalue weighted by Crippen LogP contribution is 2.33. The number of benzene rings is 2. The third-order valence-corrected chi connectivity index (χ3v) is 2.89. The van der Waals surface area contributed by atoms with E-state index in [0.29, 0.717) is 0 Å². The molecule has 0 bridgehead atoms. The number of methoxy groups -OCH3 is 1. The molecular formula is C15H10F4O2. The van der Waals surface area contributed by atoms with Gasteiger partial charge in [-0.15, -0.1) is 0 Å². The lowest BCUT2D eigenvalue weighted by molar-refractivity contribution is -0.137. The van der Waals surface area contributed by atoms with Crippen molar-refractivity contribution in [2.45, 2.75) is 6.18 Å². The summed E-state index contributed by atoms with van der Waals surface area (Å²) in [6, 6.07) is 7.81. The van der Waals surface area contributed by atoms with Gasteiger partial charge in [0.05, 0.1) is 18.2 Å². The molecule has 0 aliphatic heterocycles. The van der Waals surface area contributed by atoms with Crippen LogP contribution >= 0.6 is 0 Å². The van der Waals surface area contributed by atoms with Gasteiger partial charge >= 0.3 is 12.1 Å². The first-order chi connectivity index (χ1) is 9.82. The molecule has 2 nitrogen and oxygen atoms in total. The first-order valence-corrected chi connectivity index (χ1v) is 5.88. The van der Waals surface area contributed by atoms with E-state index in [1.165, 1.54) is 24.3 Å². The molecule has 0 aromatic heterocycles. The van der Waals surface area contributed by atoms with Crippen LogP contribution in [-0.2, 0) is 10.9 Å². The summed E-state index contributed by atoms with van der Waals surface area (Å²) in [4.78, 5) is 11.3. The Bertz CT molecular complexity index is 678. The maximum absolute atomic E-state index is 14.0. The standard InChI is InChI=1S/C15H10F4O2/c1-21-14(20)10-5-6-12(13(16)8-10)9-3-2-4-11(7-9)15(17,18)19/h2-8H,1H3. The van der Waals surface area contributed by atoms with Crippen LogP contribution in [0.5, 0.6) is 0 Å². The number of ether oxygens (including phenoxy) is 1. The van der Waals surface area contributed by atoms with Crippen LogP contribution in [0.3, 0.4) is 0 Å². The van der Waals surface area contributed by atoms with Gasteiger partial charge in [-0.2, -0.15) is 13.2 Å². The van der Waals surface area contributed by atoms with Crippen LogP contribution in [0.1, 0.15) is 15.9 Å². The molecule has 0 radical (unpaired) electrons. The van der Waals surface area contributed by atoms with Crippen molar-refractivity contribution in [1.82, 2.24) is 0 Å². The topological polar surface area (TPSA) is 26.3 Å². The number of hydrogen-bond acceptors (Lipinski definition) is 2. The molecule has 0 amide bonds. The summed E-state index contributed by atoms with van der Waals surface area (Å²) in [6.45, 7) is 0. The maximum Gasteiger partial charge on any atom is 0.416 e. The zero-order chi connectivity index (χ0) is 15.6. The molecule has 21 heavy (non-hydrogen) atoms. The van der Waals surface area contributed by atoms with Crippen LogP contribution in [0.2, 0.25) is 0 Å². The number of esters is 1. The van der Waals surface area contributed by atoms with Crippen LogP contribution in [0.4, 0.5) is 17.6 Å². The van der Waals surface area contributed by atoms with Crippen molar-refractivity contribution < 1.29 is 27.1 Å². The first kappa shape index (κ1) is 15.0. The maximum atomic E-state index is 14.0. The van der Waals surface area contributed by atoms with Gasteiger partial charge < -0.3 is 4.74 Å². The second kappa shape index (κ2) is 5.55. The molecule has 2 aromatic carbocycles. The summed E-state index contributed by atoms with van der Waals surface area (Å²) < 4.78 is 56.4. The highest BCUT2D eigenvalue weighted by molar-refractivity contribution is 5.90. The summed E-state index contributed by atoms with van der Waals surface area (Å²) in [5.41, 5.74) is -0.810. The Morgan fingerprint density at radius 3 is 2.38 bits per heavy atom. The van der Waals surface area contributed by atoms with E-state index in [0.717, 1.165) is 25.3 Å². The zero-order valence-electron chi connectivity index (χ0n) is 10.9. The Hall–Kier alpha value is -2.37. The third-order valence-electron chi connectivity index (χ3n) is 2.89. The summed E-state index contributed by atoms with van der Waals surface area (Å²) >= 11 is 0. The van der Waals surface area contributed by atoms with Gasteiger partial charge in [-0.3, -0.25) is 0 Å². The second-order valence-electron chi connectivity index (χ2n) is 4.26. The van der Waals surface area contributed by atoms with Gasteiger partial charge in [0.2, 0.25) is 0 Å². The van der Waals surface area contributed by atoms with E-state index in [1.54, 1.807) is 0 Å². The molecule has 6 heteroatoms. The lowest BCUT2D eigenvalue weighted by Gasteiger charge is -2.10. The van der Waals surface area contributed by atoms with Crippen molar-refractivity contribution in [1.29, 1.82) is 0 Å². The minimum absolute atomic E-state index is 0.00859. The Kier molecular flexibility index (Phi) is 3.97. The van der Waals surface area contributed by atoms with Gasteiger partial charge in [-0.1, -0.05) is 18.2 Å². The SMILES string of the molecule is COC(=O)c1ccc(-c2cccc(C(F)(F)F)c2)c(F)c1. The number of rotatable bonds is 2. The van der Waals surface area contributed by atoms with E-state index in [4.69, 9.17) is 0 Å². The van der Waals surface area contributed by atoms with Gasteiger partial charge in [0, 0.05) is 5.56 Å². The van der Waals surface area contributed by atoms with E-state index in [9.17, 15) is 22.4 Å². The lowest BCUT2D eigenvalue weighted by Crippen LogP contribution is -2.05. The van der Waals surface area contributed by atoms with Gasteiger partial charge in [-0.25, -0.2) is 9.18 Å². The number of hydrogen-bond donors (Lipinski definition) is 0. The highest BCUT2D eigenvalue weighted by atomic mass is 19.4. The van der Waals surface area contributed by atoms with Crippen molar-refractivity contribution >= 4 is 5.97 Å². The fraction of sp³-hybridized carbons (Fsp3) is 0.133. The van der Waals surface area contributed by atoms with Crippen molar-refractivity contribution in [3.8, 4) is 11.1 Å². The number of carbonyl (C=O) groups excluding carboxylic acids is 1. The molecule has 0 spiro atoms. The lowest BCUT2D eigenvalue weighted by atomic mass is 10.0. The minimum atomic E-state index is -4.50. The molecule has 0 fully saturated rings. The predicted molar refractivity (Wildman–Crippen MR) is 68.2 cm³/mol. The monoisotopic (exact) mass is 298 g/mol. The number of carbonyl (C=O) groups is 1. The fourth-order valence-electron chi connectivity index (χ4n) is 1.86. The van der Waals surface area contributed by atoms with Crippen LogP contribution < -0.4 is 0 Å². The first-order valence-electron chi connectivity index (χ1n) is 5.88. The minimum Gasteiger partial charge on any atom is -0.465 e. The summed E-state index contributed by atoms with van der Waals surface area (Å²) in [5, 5.41) is 0. The summed E-state index contributed by atoms with van der Waals surface area (Å²) in [7, 11) is 1.15. The summed E-state index contributed by atoms with van der Waals surface area (Å²) in [5.74, 6) is -1.51. The van der Waals surface area contributed by atoms with Crippen molar-refractivity contribution in [3.05, 3.63) is 59.4 Å². The van der Waals surface area contributed by atoms with Crippen LogP contribution in [0.25, 0.3) is 11.1 Å². The fourth-order valence-corrected chi connectivity index (χ4v) is 1.86. The van der Waals surface area contributed by atoms with E-state index < -0.39 is 23.5 Å². The molecule has 0 atom stereocenters. The average Bonchev–Trinajstić information content (AvgIpc) is 2.45. The normalized spacial score (nSPS) is 11.3. The molecule has 110 valence electrons. The van der Waals surface area contributed by atoms with Gasteiger partial charge in [-0.05, 0) is 29.8 Å². The van der Waals surface area contributed by atoms with E-state index in [-0.39, 0.29) is 16.7 Å². The Morgan fingerprint density at radius 2 is 1.81 bits per heavy atom. The van der Waals surface area contributed by atoms with E-state index in [1.807, 2.05) is 0 Å². The van der Waals surface area contributed by atoms with E-state index in [2.05, 4.69) is 4.74 Å². The van der Waals surface area contributed by atoms with Crippen LogP contribution in [-0.4, -0.2) is 13.1 Å². The molecule has 2 aromatic rings. The van der Waals surface area contributed by atoms with Gasteiger partial charge in [0.25, 0.3) is 0 Å². The molecule has 2 rings (SSSR count). The molecule has 0 unspecified atom stereocenters. The Balaban J connectivity index is 2.46. The molecule has 0 heterocycles. The Labute approximate surface area is 118 Å². The van der Waals surface area contributed by atoms with Gasteiger partial charge in [0.15, 0.2) is 0 Å². The smallest absolute Gasteiger partial charge is 0.416 e. The average molecular weight is 298 g/mol. The molecule has 0 saturated heterocycles. The second-order valence-corrected chi connectivity index (χ2v) is 4.26. The van der Waals surface area contributed by atoms with E-state index >= 15 is 0 Å². The molecular weight excluding hydrogens is 288 g/mol. The number of alkyl halides is 3. The van der Waals surface area contributed by atoms with Gasteiger partial charge in [0.1, 0.15) is 5.82 Å². The molecule has 0 saturated carbocycles. The quantitative estimate of drug-likeness (QED) is 0.610. The molecule has 0 aliphatic rings. The van der Waals surface area contributed by atoms with Crippen LogP contribution in [0.15, 0.2) is 42.5 Å². The zero-order valence-corrected chi connectivity index (χ0v) is 10.9. The van der Waals surface area contributed by atoms with Crippen molar-refractivity contribution in [3.63, 3.8) is 0 Å². The van der Waals surface area contributed by atoms with Crippen molar-refractivity contribution in [2.75, 3.05) is 7.11 Å². The van der Waals surface area contributed by atoms with Crippen LogP contribution in [0, 0.1) is 5.82 Å². The predicted octanol–water partition coefficient (Wildman–Crippen LogP) is 4.30. The Morgan fingerprint density at radius 1 is 1.10 bits per heavy atom. The highest BCUT2D eigenvalue weighted by Gasteiger charge is 2.30. The molecule has 0 N–H and O–H groups in total. The van der Waals surface area contributed by atoms with Crippen molar-refractivity contribution in [2.24, 2.45) is 0 Å². The summed E-state index contributed by atoms with van der Waals surface area (Å²) in [6.07, 6.45) is -4.50. The number of halogens is 4. The largest absolute Gasteiger partial charge is 0.465 e. The molecule has 0 aliphatic carbocycles. The third kappa shape index (κ3) is 3.21.